The Bertz CT molecular complexity index is 482. The Morgan fingerprint density at radius 1 is 1.27 bits per heavy atom. The highest BCUT2D eigenvalue weighted by atomic mass is 35.5. The van der Waals surface area contributed by atoms with E-state index in [4.69, 9.17) is 11.6 Å². The van der Waals surface area contributed by atoms with Crippen LogP contribution >= 0.6 is 34.3 Å². The van der Waals surface area contributed by atoms with Crippen molar-refractivity contribution in [2.24, 2.45) is 0 Å². The lowest BCUT2D eigenvalue weighted by molar-refractivity contribution is 0.105. The van der Waals surface area contributed by atoms with E-state index in [2.05, 4.69) is 0 Å². The standard InChI is InChI=1S/C11H7ClOS2/c12-9-5-7-15-11(9)10(13)4-3-8-2-1-6-14-8/h1-7H. The van der Waals surface area contributed by atoms with Crippen molar-refractivity contribution in [1.29, 1.82) is 0 Å². The second-order valence-electron chi connectivity index (χ2n) is 2.81. The van der Waals surface area contributed by atoms with Crippen LogP contribution < -0.4 is 0 Å². The second kappa shape index (κ2) is 4.75. The molecule has 2 aromatic heterocycles. The monoisotopic (exact) mass is 254 g/mol. The van der Waals surface area contributed by atoms with Gasteiger partial charge in [0.15, 0.2) is 5.78 Å². The fourth-order valence-corrected chi connectivity index (χ4v) is 2.78. The molecule has 2 heterocycles. The molecule has 0 saturated heterocycles. The van der Waals surface area contributed by atoms with Gasteiger partial charge in [0.25, 0.3) is 0 Å². The quantitative estimate of drug-likeness (QED) is 0.588. The molecule has 0 aliphatic carbocycles. The molecule has 0 N–H and O–H groups in total. The van der Waals surface area contributed by atoms with Gasteiger partial charge >= 0.3 is 0 Å². The first-order valence-corrected chi connectivity index (χ1v) is 6.40. The SMILES string of the molecule is O=C(C=Cc1cccs1)c1sccc1Cl. The predicted molar refractivity (Wildman–Crippen MR) is 67.0 cm³/mol. The van der Waals surface area contributed by atoms with Crippen molar-refractivity contribution in [3.05, 3.63) is 49.8 Å². The molecule has 0 radical (unpaired) electrons. The van der Waals surface area contributed by atoms with E-state index >= 15 is 0 Å². The van der Waals surface area contributed by atoms with Crippen LogP contribution in [0.4, 0.5) is 0 Å². The van der Waals surface area contributed by atoms with Gasteiger partial charge in [-0.2, -0.15) is 0 Å². The molecule has 0 fully saturated rings. The number of allylic oxidation sites excluding steroid dienone is 1. The Kier molecular flexibility index (Phi) is 3.36. The summed E-state index contributed by atoms with van der Waals surface area (Å²) in [5.41, 5.74) is 0. The van der Waals surface area contributed by atoms with Crippen LogP contribution in [0, 0.1) is 0 Å². The van der Waals surface area contributed by atoms with Crippen molar-refractivity contribution in [2.45, 2.75) is 0 Å². The van der Waals surface area contributed by atoms with Crippen LogP contribution in [-0.2, 0) is 0 Å². The number of carbonyl (C=O) groups excluding carboxylic acids is 1. The molecule has 0 aliphatic rings. The molecule has 2 rings (SSSR count). The number of halogens is 1. The van der Waals surface area contributed by atoms with Gasteiger partial charge in [-0.25, -0.2) is 0 Å². The van der Waals surface area contributed by atoms with Crippen LogP contribution in [0.15, 0.2) is 35.0 Å². The molecule has 4 heteroatoms. The molecule has 76 valence electrons. The highest BCUT2D eigenvalue weighted by Gasteiger charge is 2.08. The van der Waals surface area contributed by atoms with Crippen LogP contribution in [0.1, 0.15) is 14.5 Å². The summed E-state index contributed by atoms with van der Waals surface area (Å²) in [7, 11) is 0. The molecular formula is C11H7ClOS2. The van der Waals surface area contributed by atoms with Gasteiger partial charge in [0.2, 0.25) is 0 Å². The van der Waals surface area contributed by atoms with Gasteiger partial charge in [0, 0.05) is 4.88 Å². The zero-order chi connectivity index (χ0) is 10.7. The predicted octanol–water partition coefficient (Wildman–Crippen LogP) is 4.36. The number of carbonyl (C=O) groups is 1. The summed E-state index contributed by atoms with van der Waals surface area (Å²) in [6.07, 6.45) is 3.37. The minimum Gasteiger partial charge on any atom is -0.288 e. The van der Waals surface area contributed by atoms with Crippen molar-refractivity contribution in [3.63, 3.8) is 0 Å². The van der Waals surface area contributed by atoms with Crippen molar-refractivity contribution >= 4 is 46.1 Å². The minimum absolute atomic E-state index is 0.0385. The number of thiophene rings is 2. The van der Waals surface area contributed by atoms with Gasteiger partial charge < -0.3 is 0 Å². The van der Waals surface area contributed by atoms with E-state index in [1.807, 2.05) is 29.0 Å². The lowest BCUT2D eigenvalue weighted by Gasteiger charge is -1.90. The maximum absolute atomic E-state index is 11.7. The van der Waals surface area contributed by atoms with Crippen LogP contribution in [0.25, 0.3) is 6.08 Å². The number of ketones is 1. The molecular weight excluding hydrogens is 248 g/mol. The molecule has 0 amide bonds. The van der Waals surface area contributed by atoms with Gasteiger partial charge in [-0.05, 0) is 35.0 Å². The Labute approximate surface area is 101 Å². The average molecular weight is 255 g/mol. The van der Waals surface area contributed by atoms with Gasteiger partial charge in [-0.1, -0.05) is 17.7 Å². The Hall–Kier alpha value is -0.900. The molecule has 2 aromatic rings. The summed E-state index contributed by atoms with van der Waals surface area (Å²) in [5.74, 6) is -0.0385. The summed E-state index contributed by atoms with van der Waals surface area (Å²) < 4.78 is 0. The number of hydrogen-bond donors (Lipinski definition) is 0. The van der Waals surface area contributed by atoms with E-state index in [-0.39, 0.29) is 5.78 Å². The van der Waals surface area contributed by atoms with Gasteiger partial charge in [-0.15, -0.1) is 22.7 Å². The third kappa shape index (κ3) is 2.56. The molecule has 0 atom stereocenters. The molecule has 0 aromatic carbocycles. The summed E-state index contributed by atoms with van der Waals surface area (Å²) in [4.78, 5) is 13.3. The highest BCUT2D eigenvalue weighted by molar-refractivity contribution is 7.13. The molecule has 15 heavy (non-hydrogen) atoms. The average Bonchev–Trinajstić information content (AvgIpc) is 2.84. The minimum atomic E-state index is -0.0385. The van der Waals surface area contributed by atoms with Crippen LogP contribution in [-0.4, -0.2) is 5.78 Å². The van der Waals surface area contributed by atoms with Crippen molar-refractivity contribution < 1.29 is 4.79 Å². The Morgan fingerprint density at radius 3 is 2.73 bits per heavy atom. The van der Waals surface area contributed by atoms with Crippen molar-refractivity contribution in [3.8, 4) is 0 Å². The maximum atomic E-state index is 11.7. The molecule has 0 bridgehead atoms. The zero-order valence-corrected chi connectivity index (χ0v) is 10.0. The van der Waals surface area contributed by atoms with E-state index in [0.717, 1.165) is 4.88 Å². The summed E-state index contributed by atoms with van der Waals surface area (Å²) >= 11 is 8.82. The van der Waals surface area contributed by atoms with Crippen LogP contribution in [0.3, 0.4) is 0 Å². The molecule has 0 spiro atoms. The van der Waals surface area contributed by atoms with Crippen molar-refractivity contribution in [1.82, 2.24) is 0 Å². The highest BCUT2D eigenvalue weighted by Crippen LogP contribution is 2.23. The van der Waals surface area contributed by atoms with Crippen LogP contribution in [0.5, 0.6) is 0 Å². The normalized spacial score (nSPS) is 11.0. The first kappa shape index (κ1) is 10.6. The summed E-state index contributed by atoms with van der Waals surface area (Å²) in [6, 6.07) is 5.65. The largest absolute Gasteiger partial charge is 0.288 e. The number of hydrogen-bond acceptors (Lipinski definition) is 3. The fourth-order valence-electron chi connectivity index (χ4n) is 1.09. The lowest BCUT2D eigenvalue weighted by atomic mass is 10.3. The van der Waals surface area contributed by atoms with Gasteiger partial charge in [0.1, 0.15) is 0 Å². The summed E-state index contributed by atoms with van der Waals surface area (Å²) in [6.45, 7) is 0. The van der Waals surface area contributed by atoms with Crippen LogP contribution in [0.2, 0.25) is 5.02 Å². The summed E-state index contributed by atoms with van der Waals surface area (Å²) in [5, 5.41) is 4.32. The van der Waals surface area contributed by atoms with E-state index in [0.29, 0.717) is 9.90 Å². The Morgan fingerprint density at radius 2 is 2.13 bits per heavy atom. The molecule has 1 nitrogen and oxygen atoms in total. The first-order valence-electron chi connectivity index (χ1n) is 4.26. The first-order chi connectivity index (χ1) is 7.27. The molecule has 0 saturated carbocycles. The van der Waals surface area contributed by atoms with Gasteiger partial charge in [-0.3, -0.25) is 4.79 Å². The zero-order valence-electron chi connectivity index (χ0n) is 7.64. The van der Waals surface area contributed by atoms with E-state index in [9.17, 15) is 4.79 Å². The Balaban J connectivity index is 2.14. The van der Waals surface area contributed by atoms with Crippen molar-refractivity contribution in [2.75, 3.05) is 0 Å². The second-order valence-corrected chi connectivity index (χ2v) is 5.11. The van der Waals surface area contributed by atoms with E-state index < -0.39 is 0 Å². The fraction of sp³-hybridized carbons (Fsp3) is 0. The van der Waals surface area contributed by atoms with Gasteiger partial charge in [0.05, 0.1) is 9.90 Å². The number of rotatable bonds is 3. The molecule has 0 unspecified atom stereocenters. The van der Waals surface area contributed by atoms with E-state index in [1.165, 1.54) is 11.3 Å². The topological polar surface area (TPSA) is 17.1 Å². The smallest absolute Gasteiger partial charge is 0.197 e. The van der Waals surface area contributed by atoms with E-state index in [1.54, 1.807) is 23.5 Å². The maximum Gasteiger partial charge on any atom is 0.197 e. The third-order valence-corrected chi connectivity index (χ3v) is 3.98. The lowest BCUT2D eigenvalue weighted by Crippen LogP contribution is -1.89. The molecule has 0 aliphatic heterocycles. The third-order valence-electron chi connectivity index (χ3n) is 1.78.